The third-order valence-electron chi connectivity index (χ3n) is 0.642. The third-order valence-corrected chi connectivity index (χ3v) is 0.642. The Labute approximate surface area is 196 Å². The molecule has 0 spiro atoms. The summed E-state index contributed by atoms with van der Waals surface area (Å²) in [5.41, 5.74) is 10.3. The summed E-state index contributed by atoms with van der Waals surface area (Å²) in [7, 11) is 0. The van der Waals surface area contributed by atoms with Crippen LogP contribution in [0.2, 0.25) is 0 Å². The minimum Gasteiger partial charge on any atom is -0.481 e. The molecule has 13 nitrogen and oxygen atoms in total. The molecule has 0 aromatic carbocycles. The molecule has 0 saturated heterocycles. The number of aliphatic carboxylic acids is 5. The maximum Gasteiger partial charge on any atom is 0.300 e. The molecule has 28 heavy (non-hydrogen) atoms. The van der Waals surface area contributed by atoms with Gasteiger partial charge in [0, 0.05) is 101 Å². The quantitative estimate of drug-likeness (QED) is 0.191. The van der Waals surface area contributed by atoms with Crippen LogP contribution in [0.1, 0.15) is 34.6 Å². The van der Waals surface area contributed by atoms with E-state index in [1.54, 1.807) is 0 Å². The number of hydrogen-bond donors (Lipinski definition) is 8. The molecule has 0 rings (SSSR count). The van der Waals surface area contributed by atoms with Gasteiger partial charge in [-0.15, -0.1) is 0 Å². The molecule has 0 aliphatic rings. The molecule has 0 aromatic heterocycles. The van der Waals surface area contributed by atoms with Crippen LogP contribution in [0.25, 0.3) is 0 Å². The second kappa shape index (κ2) is 44.8. The zero-order chi connectivity index (χ0) is 23.4. The van der Waals surface area contributed by atoms with Crippen LogP contribution in [0.15, 0.2) is 0 Å². The van der Waals surface area contributed by atoms with Crippen molar-refractivity contribution in [2.45, 2.75) is 34.6 Å². The molecule has 0 amide bonds. The zero-order valence-electron chi connectivity index (χ0n) is 16.6. The van der Waals surface area contributed by atoms with Crippen molar-refractivity contribution in [3.8, 4) is 0 Å². The first-order valence-electron chi connectivity index (χ1n) is 7.16. The maximum absolute atomic E-state index is 9.00. The van der Waals surface area contributed by atoms with E-state index in [0.717, 1.165) is 47.7 Å². The van der Waals surface area contributed by atoms with Gasteiger partial charge in [-0.2, -0.15) is 0 Å². The van der Waals surface area contributed by atoms with Crippen molar-refractivity contribution in [1.82, 2.24) is 5.32 Å². The molecular formula is C14H33GdN3O10. The van der Waals surface area contributed by atoms with Crippen molar-refractivity contribution in [3.63, 3.8) is 0 Å². The summed E-state index contributed by atoms with van der Waals surface area (Å²) in [6.07, 6.45) is 0. The first-order valence-corrected chi connectivity index (χ1v) is 7.16. The normalized spacial score (nSPS) is 6.82. The van der Waals surface area contributed by atoms with E-state index in [1.165, 1.54) is 0 Å². The van der Waals surface area contributed by atoms with Gasteiger partial charge in [-0.1, -0.05) is 0 Å². The second-order valence-electron chi connectivity index (χ2n) is 3.92. The molecule has 0 aliphatic heterocycles. The van der Waals surface area contributed by atoms with E-state index in [1.807, 2.05) is 0 Å². The van der Waals surface area contributed by atoms with Crippen molar-refractivity contribution in [1.29, 1.82) is 0 Å². The smallest absolute Gasteiger partial charge is 0.300 e. The Kier molecular flexibility index (Phi) is 72.5. The van der Waals surface area contributed by atoms with Gasteiger partial charge in [-0.25, -0.2) is 0 Å². The number of carbonyl (C=O) groups is 5. The first-order chi connectivity index (χ1) is 12.1. The molecule has 0 bridgehead atoms. The third kappa shape index (κ3) is 2090. The van der Waals surface area contributed by atoms with Crippen molar-refractivity contribution in [2.75, 3.05) is 26.2 Å². The molecule has 0 unspecified atom stereocenters. The molecule has 0 atom stereocenters. The van der Waals surface area contributed by atoms with Gasteiger partial charge >= 0.3 is 0 Å². The van der Waals surface area contributed by atoms with E-state index < -0.39 is 29.8 Å². The number of hydrogen-bond acceptors (Lipinski definition) is 8. The van der Waals surface area contributed by atoms with Gasteiger partial charge in [0.15, 0.2) is 0 Å². The fraction of sp³-hybridized carbons (Fsp3) is 0.643. The molecular weight excluding hydrogens is 527 g/mol. The topological polar surface area (TPSA) is 251 Å². The molecule has 0 saturated carbocycles. The number of carboxylic acids is 5. The molecule has 14 heteroatoms. The average molecular weight is 561 g/mol. The van der Waals surface area contributed by atoms with Crippen molar-refractivity contribution in [2.24, 2.45) is 11.5 Å². The van der Waals surface area contributed by atoms with E-state index in [4.69, 9.17) is 61.0 Å². The van der Waals surface area contributed by atoms with Crippen LogP contribution in [0, 0.1) is 39.9 Å². The molecule has 0 fully saturated rings. The second-order valence-corrected chi connectivity index (χ2v) is 3.92. The van der Waals surface area contributed by atoms with E-state index in [2.05, 4.69) is 5.32 Å². The standard InChI is InChI=1S/C4H13N3.5C2H4O2.Gd/c5-1-3-7-4-2-6;5*1-2(3)4;/h7H,1-6H2;5*1H3,(H,3,4);. The summed E-state index contributed by atoms with van der Waals surface area (Å²) < 4.78 is 0. The van der Waals surface area contributed by atoms with E-state index in [-0.39, 0.29) is 39.9 Å². The van der Waals surface area contributed by atoms with Crippen LogP contribution in [-0.4, -0.2) is 81.6 Å². The van der Waals surface area contributed by atoms with Gasteiger partial charge in [0.05, 0.1) is 0 Å². The summed E-state index contributed by atoms with van der Waals surface area (Å²) in [5, 5.41) is 40.1. The fourth-order valence-corrected chi connectivity index (χ4v) is 0.329. The predicted molar refractivity (Wildman–Crippen MR) is 97.5 cm³/mol. The fourth-order valence-electron chi connectivity index (χ4n) is 0.329. The summed E-state index contributed by atoms with van der Waals surface area (Å²) >= 11 is 0. The van der Waals surface area contributed by atoms with E-state index >= 15 is 0 Å². The number of rotatable bonds is 4. The Morgan fingerprint density at radius 2 is 0.679 bits per heavy atom. The minimum absolute atomic E-state index is 0. The maximum atomic E-state index is 9.00. The van der Waals surface area contributed by atoms with Gasteiger partial charge in [0.1, 0.15) is 0 Å². The van der Waals surface area contributed by atoms with Crippen LogP contribution in [0.3, 0.4) is 0 Å². The monoisotopic (exact) mass is 561 g/mol. The molecule has 0 heterocycles. The van der Waals surface area contributed by atoms with Crippen LogP contribution >= 0.6 is 0 Å². The van der Waals surface area contributed by atoms with E-state index in [9.17, 15) is 0 Å². The SMILES string of the molecule is CC(=O)O.CC(=O)O.CC(=O)O.CC(=O)O.CC(=O)O.NCCNCCN.[Gd]. The summed E-state index contributed by atoms with van der Waals surface area (Å²) in [6.45, 7) is 8.55. The Hall–Kier alpha value is -1.45. The minimum atomic E-state index is -0.833. The van der Waals surface area contributed by atoms with E-state index in [0.29, 0.717) is 13.1 Å². The molecule has 10 N–H and O–H groups in total. The Morgan fingerprint density at radius 3 is 0.750 bits per heavy atom. The first kappa shape index (κ1) is 45.4. The van der Waals surface area contributed by atoms with Crippen molar-refractivity contribution < 1.29 is 89.4 Å². The number of nitrogens with one attached hydrogen (secondary N) is 1. The summed E-state index contributed by atoms with van der Waals surface area (Å²) in [5.74, 6) is -4.17. The van der Waals surface area contributed by atoms with Gasteiger partial charge in [0.25, 0.3) is 29.8 Å². The van der Waals surface area contributed by atoms with Crippen molar-refractivity contribution >= 4 is 29.8 Å². The van der Waals surface area contributed by atoms with Gasteiger partial charge < -0.3 is 42.3 Å². The van der Waals surface area contributed by atoms with Gasteiger partial charge in [0.2, 0.25) is 0 Å². The Morgan fingerprint density at radius 1 is 0.571 bits per heavy atom. The van der Waals surface area contributed by atoms with Gasteiger partial charge in [-0.05, 0) is 0 Å². The average Bonchev–Trinajstić information content (AvgIpc) is 2.35. The number of carboxylic acid groups (broad SMARTS) is 5. The molecule has 0 aromatic rings. The van der Waals surface area contributed by atoms with Crippen LogP contribution < -0.4 is 16.8 Å². The zero-order valence-corrected chi connectivity index (χ0v) is 18.9. The van der Waals surface area contributed by atoms with Gasteiger partial charge in [-0.3, -0.25) is 24.0 Å². The summed E-state index contributed by atoms with van der Waals surface area (Å²) in [4.78, 5) is 45.0. The largest absolute Gasteiger partial charge is 0.481 e. The Bertz CT molecular complexity index is 289. The van der Waals surface area contributed by atoms with Crippen LogP contribution in [0.5, 0.6) is 0 Å². The summed E-state index contributed by atoms with van der Waals surface area (Å²) in [6, 6.07) is 0. The molecule has 0 aliphatic carbocycles. The molecule has 0 radical (unpaired) electrons. The van der Waals surface area contributed by atoms with Crippen LogP contribution in [-0.2, 0) is 24.0 Å². The number of nitrogens with two attached hydrogens (primary N) is 2. The molecule has 172 valence electrons. The van der Waals surface area contributed by atoms with Crippen LogP contribution in [0.4, 0.5) is 0 Å². The predicted octanol–water partition coefficient (Wildman–Crippen LogP) is -1.05. The Balaban J connectivity index is -0.0000000382. The van der Waals surface area contributed by atoms with Crippen molar-refractivity contribution in [3.05, 3.63) is 0 Å².